The molecule has 3 aliphatic rings. The van der Waals surface area contributed by atoms with E-state index in [9.17, 15) is 19.2 Å². The Balaban J connectivity index is 1.36. The van der Waals surface area contributed by atoms with Crippen LogP contribution in [0.4, 0.5) is 10.5 Å². The van der Waals surface area contributed by atoms with E-state index >= 15 is 0 Å². The highest BCUT2D eigenvalue weighted by Crippen LogP contribution is 2.39. The monoisotopic (exact) mass is 540 g/mol. The van der Waals surface area contributed by atoms with Crippen LogP contribution in [0.25, 0.3) is 0 Å². The first-order valence-electron chi connectivity index (χ1n) is 13.8. The van der Waals surface area contributed by atoms with Crippen molar-refractivity contribution in [1.29, 1.82) is 0 Å². The number of barbiturate groups is 1. The number of para-hydroxylation sites is 1. The Morgan fingerprint density at radius 1 is 0.900 bits per heavy atom. The van der Waals surface area contributed by atoms with E-state index in [-0.39, 0.29) is 30.4 Å². The van der Waals surface area contributed by atoms with Gasteiger partial charge in [0.2, 0.25) is 5.91 Å². The number of imide groups is 2. The summed E-state index contributed by atoms with van der Waals surface area (Å²) in [7, 11) is 0. The van der Waals surface area contributed by atoms with Gasteiger partial charge in [-0.3, -0.25) is 19.7 Å². The smallest absolute Gasteiger partial charge is 0.335 e. The number of fused-ring (bicyclic) bond motifs is 4. The van der Waals surface area contributed by atoms with E-state index in [0.717, 1.165) is 22.6 Å². The number of likely N-dealkylation sites (tertiary alicyclic amines) is 1. The minimum Gasteiger partial charge on any atom is -0.494 e. The van der Waals surface area contributed by atoms with Gasteiger partial charge in [-0.15, -0.1) is 0 Å². The van der Waals surface area contributed by atoms with Crippen molar-refractivity contribution in [2.24, 2.45) is 11.3 Å². The molecular weight excluding hydrogens is 508 g/mol. The zero-order chi connectivity index (χ0) is 27.9. The lowest BCUT2D eigenvalue weighted by atomic mass is 9.75. The molecular formula is C31H32N4O5. The van der Waals surface area contributed by atoms with Gasteiger partial charge in [0.15, 0.2) is 0 Å². The minimum absolute atomic E-state index is 0.00599. The van der Waals surface area contributed by atoms with E-state index < -0.39 is 23.3 Å². The topological polar surface area (TPSA) is 101 Å². The zero-order valence-corrected chi connectivity index (χ0v) is 22.4. The van der Waals surface area contributed by atoms with E-state index in [1.54, 1.807) is 36.4 Å². The number of benzene rings is 2. The number of hydrogen-bond acceptors (Lipinski definition) is 6. The lowest BCUT2D eigenvalue weighted by molar-refractivity contribution is -0.144. The highest BCUT2D eigenvalue weighted by Gasteiger charge is 2.55. The fourth-order valence-corrected chi connectivity index (χ4v) is 6.56. The number of carbonyl (C=O) groups excluding carboxylic acids is 3. The first kappa shape index (κ1) is 26.0. The summed E-state index contributed by atoms with van der Waals surface area (Å²) in [5, 5.41) is 2.49. The number of urea groups is 1. The summed E-state index contributed by atoms with van der Waals surface area (Å²) in [4.78, 5) is 56.9. The van der Waals surface area contributed by atoms with Gasteiger partial charge in [0, 0.05) is 43.9 Å². The van der Waals surface area contributed by atoms with Crippen LogP contribution in [0.1, 0.15) is 30.5 Å². The third-order valence-electron chi connectivity index (χ3n) is 8.27. The van der Waals surface area contributed by atoms with Gasteiger partial charge in [0.25, 0.3) is 11.5 Å². The maximum atomic E-state index is 14.4. The van der Waals surface area contributed by atoms with Crippen molar-refractivity contribution in [2.45, 2.75) is 32.2 Å². The molecule has 0 spiro atoms. The third-order valence-corrected chi connectivity index (χ3v) is 8.27. The Kier molecular flexibility index (Phi) is 6.75. The van der Waals surface area contributed by atoms with E-state index in [2.05, 4.69) is 10.2 Å². The minimum atomic E-state index is -1.53. The highest BCUT2D eigenvalue weighted by molar-refractivity contribution is 6.30. The van der Waals surface area contributed by atoms with Gasteiger partial charge in [-0.25, -0.2) is 9.69 Å². The number of hydrogen-bond donors (Lipinski definition) is 1. The number of amides is 4. The molecule has 1 N–H and O–H groups in total. The third kappa shape index (κ3) is 4.60. The number of aromatic nitrogens is 1. The second kappa shape index (κ2) is 10.4. The molecule has 3 unspecified atom stereocenters. The second-order valence-electron chi connectivity index (χ2n) is 11.0. The Morgan fingerprint density at radius 3 is 2.42 bits per heavy atom. The molecule has 3 aromatic rings. The van der Waals surface area contributed by atoms with Gasteiger partial charge in [-0.05, 0) is 61.6 Å². The molecule has 2 bridgehead atoms. The summed E-state index contributed by atoms with van der Waals surface area (Å²) in [5.74, 6) is -0.0665. The van der Waals surface area contributed by atoms with Gasteiger partial charge >= 0.3 is 6.03 Å². The number of ether oxygens (including phenoxy) is 1. The predicted molar refractivity (Wildman–Crippen MR) is 149 cm³/mol. The van der Waals surface area contributed by atoms with Crippen LogP contribution in [-0.4, -0.2) is 53.6 Å². The Morgan fingerprint density at radius 2 is 1.68 bits per heavy atom. The summed E-state index contributed by atoms with van der Waals surface area (Å²) in [6.07, 6.45) is 1.09. The van der Waals surface area contributed by atoms with Gasteiger partial charge in [0.1, 0.15) is 11.2 Å². The van der Waals surface area contributed by atoms with Crippen molar-refractivity contribution in [1.82, 2.24) is 14.8 Å². The van der Waals surface area contributed by atoms with Crippen molar-refractivity contribution in [3.05, 3.63) is 94.4 Å². The lowest BCUT2D eigenvalue weighted by Crippen LogP contribution is -2.68. The molecule has 206 valence electrons. The fourth-order valence-electron chi connectivity index (χ4n) is 6.56. The molecule has 1 aromatic heterocycles. The molecule has 6 rings (SSSR count). The number of rotatable bonds is 7. The van der Waals surface area contributed by atoms with Crippen LogP contribution in [0.5, 0.6) is 5.75 Å². The Hall–Kier alpha value is -4.24. The van der Waals surface area contributed by atoms with Gasteiger partial charge in [-0.2, -0.15) is 0 Å². The normalized spacial score (nSPS) is 24.4. The maximum Gasteiger partial charge on any atom is 0.335 e. The van der Waals surface area contributed by atoms with Crippen LogP contribution < -0.4 is 20.5 Å². The van der Waals surface area contributed by atoms with Gasteiger partial charge in [0.05, 0.1) is 12.3 Å². The largest absolute Gasteiger partial charge is 0.494 e. The van der Waals surface area contributed by atoms with Crippen molar-refractivity contribution in [3.63, 3.8) is 0 Å². The summed E-state index contributed by atoms with van der Waals surface area (Å²) in [6.45, 7) is 4.48. The lowest BCUT2D eigenvalue weighted by Gasteiger charge is -2.47. The Labute approximate surface area is 232 Å². The summed E-state index contributed by atoms with van der Waals surface area (Å²) in [5.41, 5.74) is 0.681. The molecule has 40 heavy (non-hydrogen) atoms. The zero-order valence-electron chi connectivity index (χ0n) is 22.4. The van der Waals surface area contributed by atoms with E-state index in [1.807, 2.05) is 47.9 Å². The molecule has 2 fully saturated rings. The van der Waals surface area contributed by atoms with E-state index in [0.29, 0.717) is 37.7 Å². The number of pyridine rings is 1. The number of piperidine rings is 1. The van der Waals surface area contributed by atoms with Crippen LogP contribution in [0.2, 0.25) is 0 Å². The molecule has 4 amide bonds. The van der Waals surface area contributed by atoms with E-state index in [4.69, 9.17) is 4.74 Å². The van der Waals surface area contributed by atoms with E-state index in [1.165, 1.54) is 0 Å². The number of nitrogens with one attached hydrogen (secondary N) is 1. The first-order valence-corrected chi connectivity index (χ1v) is 13.8. The van der Waals surface area contributed by atoms with Gasteiger partial charge in [-0.1, -0.05) is 36.4 Å². The molecule has 9 nitrogen and oxygen atoms in total. The molecule has 0 saturated carbocycles. The molecule has 3 aliphatic heterocycles. The van der Waals surface area contributed by atoms with Crippen LogP contribution in [-0.2, 0) is 22.6 Å². The molecule has 2 aromatic carbocycles. The number of nitrogens with zero attached hydrogens (tertiary/aromatic N) is 3. The second-order valence-corrected chi connectivity index (χ2v) is 11.0. The summed E-state index contributed by atoms with van der Waals surface area (Å²) >= 11 is 0. The molecule has 0 aliphatic carbocycles. The maximum absolute atomic E-state index is 14.4. The molecule has 2 saturated heterocycles. The van der Waals surface area contributed by atoms with Crippen LogP contribution in [0, 0.1) is 11.3 Å². The molecule has 3 atom stereocenters. The van der Waals surface area contributed by atoms with Crippen LogP contribution in [0.15, 0.2) is 77.6 Å². The summed E-state index contributed by atoms with van der Waals surface area (Å²) < 4.78 is 7.44. The van der Waals surface area contributed by atoms with Crippen molar-refractivity contribution in [3.8, 4) is 5.75 Å². The predicted octanol–water partition coefficient (Wildman–Crippen LogP) is 3.18. The van der Waals surface area contributed by atoms with Crippen LogP contribution >= 0.6 is 0 Å². The highest BCUT2D eigenvalue weighted by atomic mass is 16.5. The Bertz CT molecular complexity index is 1500. The SMILES string of the molecule is CCOc1ccc(CC2(CN3CC4CC(C3)c3cccc(=O)n3C4)C(=O)NC(=O)N(c3ccccc3)C2=O)cc1. The molecule has 9 heteroatoms. The number of anilines is 1. The first-order chi connectivity index (χ1) is 19.4. The quantitative estimate of drug-likeness (QED) is 0.462. The fraction of sp³-hybridized carbons (Fsp3) is 0.355. The number of carbonyl (C=O) groups is 3. The summed E-state index contributed by atoms with van der Waals surface area (Å²) in [6, 6.07) is 20.7. The standard InChI is InChI=1S/C31H32N4O5/c1-2-40-25-13-11-21(12-14-25)16-31(28(37)32-30(39)35(29(31)38)24-7-4-3-5-8-24)20-33-17-22-15-23(19-33)26-9-6-10-27(36)34(26)18-22/h3-14,22-23H,2,15-20H2,1H3,(H,32,37,39). The molecule has 4 heterocycles. The van der Waals surface area contributed by atoms with Gasteiger partial charge < -0.3 is 14.2 Å². The average molecular weight is 541 g/mol. The van der Waals surface area contributed by atoms with Crippen molar-refractivity contribution < 1.29 is 19.1 Å². The van der Waals surface area contributed by atoms with Crippen molar-refractivity contribution in [2.75, 3.05) is 31.1 Å². The molecule has 0 radical (unpaired) electrons. The average Bonchev–Trinajstić information content (AvgIpc) is 2.94. The van der Waals surface area contributed by atoms with Crippen molar-refractivity contribution >= 4 is 23.5 Å². The van der Waals surface area contributed by atoms with Crippen LogP contribution in [0.3, 0.4) is 0 Å².